The van der Waals surface area contributed by atoms with Gasteiger partial charge in [0.1, 0.15) is 11.8 Å². The van der Waals surface area contributed by atoms with Crippen molar-refractivity contribution in [1.82, 2.24) is 15.4 Å². The number of benzene rings is 2. The zero-order valence-corrected chi connectivity index (χ0v) is 23.8. The number of hydrogen-bond acceptors (Lipinski definition) is 6. The van der Waals surface area contributed by atoms with Crippen LogP contribution in [0.15, 0.2) is 57.9 Å². The van der Waals surface area contributed by atoms with Crippen LogP contribution in [-0.2, 0) is 26.2 Å². The lowest BCUT2D eigenvalue weighted by atomic mass is 9.95. The number of nitrogens with zero attached hydrogens (tertiary/aromatic N) is 2. The molecule has 9 nitrogen and oxygen atoms in total. The predicted octanol–water partition coefficient (Wildman–Crippen LogP) is 4.66. The molecular formula is C29H36N4O5S. The topological polar surface area (TPSA) is 122 Å². The van der Waals surface area contributed by atoms with E-state index in [0.29, 0.717) is 29.0 Å². The third-order valence-electron chi connectivity index (χ3n) is 7.43. The fourth-order valence-electron chi connectivity index (χ4n) is 4.58. The van der Waals surface area contributed by atoms with Gasteiger partial charge in [-0.3, -0.25) is 14.3 Å². The van der Waals surface area contributed by atoms with Crippen LogP contribution >= 0.6 is 0 Å². The van der Waals surface area contributed by atoms with Crippen LogP contribution in [0.25, 0.3) is 11.1 Å². The molecule has 0 saturated heterocycles. The van der Waals surface area contributed by atoms with Gasteiger partial charge in [-0.25, -0.2) is 8.42 Å². The van der Waals surface area contributed by atoms with Crippen molar-refractivity contribution >= 4 is 27.7 Å². The highest BCUT2D eigenvalue weighted by Gasteiger charge is 2.40. The number of carbonyl (C=O) groups is 2. The lowest BCUT2D eigenvalue weighted by Crippen LogP contribution is -2.52. The number of hydrogen-bond donors (Lipinski definition) is 2. The summed E-state index contributed by atoms with van der Waals surface area (Å²) in [6.45, 7) is 7.75. The Balaban J connectivity index is 1.62. The third kappa shape index (κ3) is 6.16. The molecule has 2 aromatic carbocycles. The maximum Gasteiger partial charge on any atom is 0.263 e. The number of sulfonamides is 1. The lowest BCUT2D eigenvalue weighted by Gasteiger charge is -2.34. The molecule has 2 N–H and O–H groups in total. The Morgan fingerprint density at radius 3 is 2.33 bits per heavy atom. The number of aromatic nitrogens is 1. The molecule has 0 radical (unpaired) electrons. The van der Waals surface area contributed by atoms with Crippen LogP contribution in [0.4, 0.5) is 5.82 Å². The maximum atomic E-state index is 13.3. The van der Waals surface area contributed by atoms with Crippen LogP contribution in [0.1, 0.15) is 50.0 Å². The van der Waals surface area contributed by atoms with E-state index in [9.17, 15) is 18.0 Å². The second-order valence-electron chi connectivity index (χ2n) is 10.2. The van der Waals surface area contributed by atoms with Crippen molar-refractivity contribution in [2.45, 2.75) is 64.4 Å². The van der Waals surface area contributed by atoms with E-state index < -0.39 is 16.1 Å². The first-order chi connectivity index (χ1) is 18.6. The van der Waals surface area contributed by atoms with Crippen LogP contribution in [0.3, 0.4) is 0 Å². The molecule has 1 aliphatic rings. The third-order valence-corrected chi connectivity index (χ3v) is 8.82. The summed E-state index contributed by atoms with van der Waals surface area (Å²) in [5, 5.41) is 6.55. The summed E-state index contributed by atoms with van der Waals surface area (Å²) in [6.07, 6.45) is 2.46. The average molecular weight is 553 g/mol. The molecule has 0 aliphatic heterocycles. The standard InChI is InChI=1S/C29H36N4O5S/c1-6-18(2)26(28(34)30-5)33(29(35)23-15-16-23)17-21-11-13-22(14-12-21)24-9-7-8-10-25(24)39(36,37)32-27-19(3)20(4)38-31-27/h7-14,18,23,26H,6,15-17H2,1-5H3,(H,30,34)(H,31,32)/t18-,26-/m0/s1. The van der Waals surface area contributed by atoms with Crippen molar-refractivity contribution in [2.75, 3.05) is 11.8 Å². The largest absolute Gasteiger partial charge is 0.359 e. The van der Waals surface area contributed by atoms with Gasteiger partial charge in [0.05, 0.1) is 4.90 Å². The van der Waals surface area contributed by atoms with Crippen LogP contribution in [0.5, 0.6) is 0 Å². The quantitative estimate of drug-likeness (QED) is 0.357. The zero-order valence-electron chi connectivity index (χ0n) is 23.0. The summed E-state index contributed by atoms with van der Waals surface area (Å²) in [4.78, 5) is 27.9. The molecule has 1 aromatic heterocycles. The molecule has 39 heavy (non-hydrogen) atoms. The first-order valence-corrected chi connectivity index (χ1v) is 14.7. The van der Waals surface area contributed by atoms with E-state index in [0.717, 1.165) is 24.8 Å². The number of aryl methyl sites for hydroxylation is 1. The number of likely N-dealkylation sites (N-methyl/N-ethyl adjacent to an activating group) is 1. The minimum Gasteiger partial charge on any atom is -0.359 e. The molecule has 0 unspecified atom stereocenters. The van der Waals surface area contributed by atoms with Crippen molar-refractivity contribution in [3.63, 3.8) is 0 Å². The van der Waals surface area contributed by atoms with Crippen molar-refractivity contribution in [1.29, 1.82) is 0 Å². The van der Waals surface area contributed by atoms with Gasteiger partial charge in [-0.05, 0) is 49.8 Å². The molecule has 1 aliphatic carbocycles. The molecule has 208 valence electrons. The summed E-state index contributed by atoms with van der Waals surface area (Å²) in [5.74, 6) is 0.506. The van der Waals surface area contributed by atoms with Gasteiger partial charge in [0.25, 0.3) is 10.0 Å². The molecule has 1 fully saturated rings. The van der Waals surface area contributed by atoms with Crippen LogP contribution in [0, 0.1) is 25.7 Å². The van der Waals surface area contributed by atoms with Crippen LogP contribution in [0.2, 0.25) is 0 Å². The van der Waals surface area contributed by atoms with Crippen LogP contribution in [-0.4, -0.2) is 43.4 Å². The molecule has 4 rings (SSSR count). The Labute approximate surface area is 230 Å². The Morgan fingerprint density at radius 2 is 1.77 bits per heavy atom. The highest BCUT2D eigenvalue weighted by molar-refractivity contribution is 7.92. The second-order valence-corrected chi connectivity index (χ2v) is 11.8. The summed E-state index contributed by atoms with van der Waals surface area (Å²) in [7, 11) is -2.36. The van der Waals surface area contributed by atoms with Gasteiger partial charge in [0, 0.05) is 30.6 Å². The highest BCUT2D eigenvalue weighted by atomic mass is 32.2. The minimum atomic E-state index is -3.95. The monoisotopic (exact) mass is 552 g/mol. The van der Waals surface area contributed by atoms with E-state index in [4.69, 9.17) is 4.52 Å². The first-order valence-electron chi connectivity index (χ1n) is 13.2. The van der Waals surface area contributed by atoms with E-state index in [2.05, 4.69) is 15.2 Å². The SMILES string of the molecule is CC[C@H](C)[C@@H](C(=O)NC)N(Cc1ccc(-c2ccccc2S(=O)(=O)Nc2noc(C)c2C)cc1)C(=O)C1CC1. The molecule has 2 atom stereocenters. The average Bonchev–Trinajstić information content (AvgIpc) is 3.75. The normalized spacial score (nSPS) is 14.9. The summed E-state index contributed by atoms with van der Waals surface area (Å²) < 4.78 is 34.2. The summed E-state index contributed by atoms with van der Waals surface area (Å²) in [5.41, 5.74) is 2.72. The smallest absolute Gasteiger partial charge is 0.263 e. The van der Waals surface area contributed by atoms with Crippen molar-refractivity contribution < 1.29 is 22.5 Å². The molecule has 10 heteroatoms. The van der Waals surface area contributed by atoms with Gasteiger partial charge in [-0.1, -0.05) is 67.9 Å². The first kappa shape index (κ1) is 28.4. The van der Waals surface area contributed by atoms with E-state index in [1.54, 1.807) is 50.1 Å². The summed E-state index contributed by atoms with van der Waals surface area (Å²) in [6, 6.07) is 13.6. The van der Waals surface area contributed by atoms with E-state index in [1.165, 1.54) is 0 Å². The lowest BCUT2D eigenvalue weighted by molar-refractivity contribution is -0.144. The highest BCUT2D eigenvalue weighted by Crippen LogP contribution is 2.34. The number of amides is 2. The van der Waals surface area contributed by atoms with Gasteiger partial charge in [0.2, 0.25) is 11.8 Å². The number of nitrogens with one attached hydrogen (secondary N) is 2. The van der Waals surface area contributed by atoms with Gasteiger partial charge >= 0.3 is 0 Å². The molecule has 1 heterocycles. The Kier molecular flexibility index (Phi) is 8.44. The summed E-state index contributed by atoms with van der Waals surface area (Å²) >= 11 is 0. The Hall–Kier alpha value is -3.66. The minimum absolute atomic E-state index is 0.00588. The van der Waals surface area contributed by atoms with E-state index in [1.807, 2.05) is 38.1 Å². The predicted molar refractivity (Wildman–Crippen MR) is 149 cm³/mol. The van der Waals surface area contributed by atoms with Crippen molar-refractivity contribution in [3.8, 4) is 11.1 Å². The Morgan fingerprint density at radius 1 is 1.10 bits per heavy atom. The molecule has 0 bridgehead atoms. The Bertz CT molecular complexity index is 1440. The maximum absolute atomic E-state index is 13.3. The second kappa shape index (κ2) is 11.6. The zero-order chi connectivity index (χ0) is 28.3. The van der Waals surface area contributed by atoms with Crippen molar-refractivity contribution in [2.24, 2.45) is 11.8 Å². The fourth-order valence-corrected chi connectivity index (χ4v) is 5.87. The van der Waals surface area contributed by atoms with Gasteiger partial charge in [0.15, 0.2) is 5.82 Å². The van der Waals surface area contributed by atoms with Gasteiger partial charge in [-0.2, -0.15) is 0 Å². The molecular weight excluding hydrogens is 516 g/mol. The molecule has 1 saturated carbocycles. The number of rotatable bonds is 11. The van der Waals surface area contributed by atoms with Gasteiger partial charge < -0.3 is 14.7 Å². The van der Waals surface area contributed by atoms with E-state index in [-0.39, 0.29) is 34.4 Å². The molecule has 2 amide bonds. The van der Waals surface area contributed by atoms with Crippen molar-refractivity contribution in [3.05, 3.63) is 65.4 Å². The number of carbonyl (C=O) groups excluding carboxylic acids is 2. The van der Waals surface area contributed by atoms with Crippen LogP contribution < -0.4 is 10.0 Å². The molecule has 3 aromatic rings. The molecule has 0 spiro atoms. The van der Waals surface area contributed by atoms with Gasteiger partial charge in [-0.15, -0.1) is 0 Å². The number of anilines is 1. The fraction of sp³-hybridized carbons (Fsp3) is 0.414. The van der Waals surface area contributed by atoms with E-state index >= 15 is 0 Å².